The fourth-order valence-corrected chi connectivity index (χ4v) is 2.90. The topological polar surface area (TPSA) is 70.7 Å². The van der Waals surface area contributed by atoms with E-state index in [0.717, 1.165) is 25.2 Å². The lowest BCUT2D eigenvalue weighted by molar-refractivity contribution is -0.119. The van der Waals surface area contributed by atoms with Gasteiger partial charge in [0, 0.05) is 45.2 Å². The second-order valence-electron chi connectivity index (χ2n) is 6.96. The normalized spacial score (nSPS) is 18.2. The van der Waals surface area contributed by atoms with Crippen LogP contribution in [0.3, 0.4) is 0 Å². The van der Waals surface area contributed by atoms with Crippen LogP contribution in [-0.4, -0.2) is 55.6 Å². The van der Waals surface area contributed by atoms with E-state index in [1.165, 1.54) is 6.92 Å². The molecule has 0 aromatic heterocycles. The van der Waals surface area contributed by atoms with Crippen molar-refractivity contribution in [2.24, 2.45) is 5.92 Å². The first-order valence-electron chi connectivity index (χ1n) is 8.89. The van der Waals surface area contributed by atoms with Crippen LogP contribution < -0.4 is 10.6 Å². The van der Waals surface area contributed by atoms with E-state index in [-0.39, 0.29) is 17.9 Å². The SMILES string of the molecule is CC(=O)NCc1ccc(C(=O)NCC2CN(CC(C)C)CCO2)cc1. The van der Waals surface area contributed by atoms with E-state index in [0.29, 0.717) is 31.2 Å². The molecule has 0 saturated carbocycles. The lowest BCUT2D eigenvalue weighted by atomic mass is 10.1. The van der Waals surface area contributed by atoms with Gasteiger partial charge in [0.1, 0.15) is 0 Å². The van der Waals surface area contributed by atoms with Crippen molar-refractivity contribution in [2.45, 2.75) is 33.4 Å². The van der Waals surface area contributed by atoms with Gasteiger partial charge in [0.15, 0.2) is 0 Å². The molecule has 0 bridgehead atoms. The van der Waals surface area contributed by atoms with Crippen molar-refractivity contribution in [3.05, 3.63) is 35.4 Å². The van der Waals surface area contributed by atoms with Crippen molar-refractivity contribution in [3.63, 3.8) is 0 Å². The lowest BCUT2D eigenvalue weighted by Crippen LogP contribution is -2.48. The van der Waals surface area contributed by atoms with Crippen molar-refractivity contribution in [1.29, 1.82) is 0 Å². The summed E-state index contributed by atoms with van der Waals surface area (Å²) in [6.07, 6.45) is 0.0375. The first-order chi connectivity index (χ1) is 11.9. The zero-order valence-corrected chi connectivity index (χ0v) is 15.4. The minimum absolute atomic E-state index is 0.0375. The van der Waals surface area contributed by atoms with E-state index in [1.54, 1.807) is 12.1 Å². The molecule has 138 valence electrons. The molecule has 0 radical (unpaired) electrons. The Morgan fingerprint density at radius 1 is 1.24 bits per heavy atom. The molecular formula is C19H29N3O3. The summed E-state index contributed by atoms with van der Waals surface area (Å²) in [7, 11) is 0. The number of nitrogens with zero attached hydrogens (tertiary/aromatic N) is 1. The first kappa shape index (κ1) is 19.4. The van der Waals surface area contributed by atoms with E-state index >= 15 is 0 Å². The van der Waals surface area contributed by atoms with Crippen molar-refractivity contribution >= 4 is 11.8 Å². The number of benzene rings is 1. The predicted molar refractivity (Wildman–Crippen MR) is 97.3 cm³/mol. The monoisotopic (exact) mass is 347 g/mol. The molecule has 25 heavy (non-hydrogen) atoms. The maximum Gasteiger partial charge on any atom is 0.251 e. The summed E-state index contributed by atoms with van der Waals surface area (Å²) in [4.78, 5) is 25.6. The van der Waals surface area contributed by atoms with Crippen LogP contribution in [0.4, 0.5) is 0 Å². The average molecular weight is 347 g/mol. The molecule has 1 aromatic carbocycles. The van der Waals surface area contributed by atoms with Crippen molar-refractivity contribution < 1.29 is 14.3 Å². The lowest BCUT2D eigenvalue weighted by Gasteiger charge is -2.33. The molecule has 2 amide bonds. The Bertz CT molecular complexity index is 572. The summed E-state index contributed by atoms with van der Waals surface area (Å²) in [5.41, 5.74) is 1.58. The molecule has 1 aliphatic rings. The second kappa shape index (κ2) is 9.53. The molecule has 1 unspecified atom stereocenters. The molecule has 1 saturated heterocycles. The third-order valence-corrected chi connectivity index (χ3v) is 4.09. The Labute approximate surface area is 149 Å². The van der Waals surface area contributed by atoms with Gasteiger partial charge >= 0.3 is 0 Å². The van der Waals surface area contributed by atoms with Crippen LogP contribution >= 0.6 is 0 Å². The Hall–Kier alpha value is -1.92. The number of carbonyl (C=O) groups is 2. The highest BCUT2D eigenvalue weighted by atomic mass is 16.5. The number of carbonyl (C=O) groups excluding carboxylic acids is 2. The van der Waals surface area contributed by atoms with Crippen LogP contribution in [0, 0.1) is 5.92 Å². The Balaban J connectivity index is 1.78. The van der Waals surface area contributed by atoms with E-state index in [2.05, 4.69) is 29.4 Å². The number of amides is 2. The number of hydrogen-bond donors (Lipinski definition) is 2. The quantitative estimate of drug-likeness (QED) is 0.782. The number of nitrogens with one attached hydrogen (secondary N) is 2. The van der Waals surface area contributed by atoms with Gasteiger partial charge in [-0.1, -0.05) is 26.0 Å². The molecule has 1 aliphatic heterocycles. The minimum Gasteiger partial charge on any atom is -0.374 e. The predicted octanol–water partition coefficient (Wildman–Crippen LogP) is 1.41. The fraction of sp³-hybridized carbons (Fsp3) is 0.579. The van der Waals surface area contributed by atoms with Gasteiger partial charge in [-0.05, 0) is 23.6 Å². The van der Waals surface area contributed by atoms with E-state index in [4.69, 9.17) is 4.74 Å². The number of morpholine rings is 1. The third kappa shape index (κ3) is 6.84. The number of hydrogen-bond acceptors (Lipinski definition) is 4. The van der Waals surface area contributed by atoms with Gasteiger partial charge in [-0.2, -0.15) is 0 Å². The Morgan fingerprint density at radius 2 is 1.96 bits per heavy atom. The smallest absolute Gasteiger partial charge is 0.251 e. The number of rotatable bonds is 7. The van der Waals surface area contributed by atoms with Crippen LogP contribution in [0.25, 0.3) is 0 Å². The fourth-order valence-electron chi connectivity index (χ4n) is 2.90. The highest BCUT2D eigenvalue weighted by Gasteiger charge is 2.21. The van der Waals surface area contributed by atoms with Crippen LogP contribution in [0.2, 0.25) is 0 Å². The van der Waals surface area contributed by atoms with Crippen LogP contribution in [0.1, 0.15) is 36.7 Å². The molecule has 1 fully saturated rings. The number of ether oxygens (including phenoxy) is 1. The summed E-state index contributed by atoms with van der Waals surface area (Å²) in [6.45, 7) is 10.5. The molecule has 1 aromatic rings. The van der Waals surface area contributed by atoms with Gasteiger partial charge < -0.3 is 15.4 Å². The van der Waals surface area contributed by atoms with E-state index in [1.807, 2.05) is 12.1 Å². The Morgan fingerprint density at radius 3 is 2.60 bits per heavy atom. The van der Waals surface area contributed by atoms with Gasteiger partial charge in [0.05, 0.1) is 12.7 Å². The van der Waals surface area contributed by atoms with Gasteiger partial charge in [0.2, 0.25) is 5.91 Å². The molecule has 0 aliphatic carbocycles. The molecule has 1 heterocycles. The average Bonchev–Trinajstić information content (AvgIpc) is 2.58. The first-order valence-corrected chi connectivity index (χ1v) is 8.89. The molecular weight excluding hydrogens is 318 g/mol. The summed E-state index contributed by atoms with van der Waals surface area (Å²) < 4.78 is 5.75. The second-order valence-corrected chi connectivity index (χ2v) is 6.96. The van der Waals surface area contributed by atoms with Crippen LogP contribution in [0.15, 0.2) is 24.3 Å². The largest absolute Gasteiger partial charge is 0.374 e. The van der Waals surface area contributed by atoms with E-state index in [9.17, 15) is 9.59 Å². The van der Waals surface area contributed by atoms with Crippen LogP contribution in [0.5, 0.6) is 0 Å². The molecule has 2 N–H and O–H groups in total. The summed E-state index contributed by atoms with van der Waals surface area (Å²) >= 11 is 0. The minimum atomic E-state index is -0.101. The van der Waals surface area contributed by atoms with Gasteiger partial charge in [-0.25, -0.2) is 0 Å². The van der Waals surface area contributed by atoms with Gasteiger partial charge in [-0.15, -0.1) is 0 Å². The summed E-state index contributed by atoms with van der Waals surface area (Å²) in [6, 6.07) is 7.26. The summed E-state index contributed by atoms with van der Waals surface area (Å²) in [5, 5.41) is 5.69. The Kier molecular flexibility index (Phi) is 7.40. The standard InChI is InChI=1S/C19H29N3O3/c1-14(2)12-22-8-9-25-18(13-22)11-21-19(24)17-6-4-16(5-7-17)10-20-15(3)23/h4-7,14,18H,8-13H2,1-3H3,(H,20,23)(H,21,24). The third-order valence-electron chi connectivity index (χ3n) is 4.09. The van der Waals surface area contributed by atoms with Gasteiger partial charge in [-0.3, -0.25) is 14.5 Å². The highest BCUT2D eigenvalue weighted by molar-refractivity contribution is 5.94. The van der Waals surface area contributed by atoms with Crippen molar-refractivity contribution in [3.8, 4) is 0 Å². The molecule has 6 nitrogen and oxygen atoms in total. The van der Waals surface area contributed by atoms with Crippen molar-refractivity contribution in [1.82, 2.24) is 15.5 Å². The maximum absolute atomic E-state index is 12.3. The molecule has 2 rings (SSSR count). The highest BCUT2D eigenvalue weighted by Crippen LogP contribution is 2.08. The van der Waals surface area contributed by atoms with Crippen LogP contribution in [-0.2, 0) is 16.1 Å². The maximum atomic E-state index is 12.3. The van der Waals surface area contributed by atoms with E-state index < -0.39 is 0 Å². The molecule has 6 heteroatoms. The zero-order chi connectivity index (χ0) is 18.2. The molecule has 1 atom stereocenters. The molecule has 0 spiro atoms. The van der Waals surface area contributed by atoms with Crippen molar-refractivity contribution in [2.75, 3.05) is 32.8 Å². The summed E-state index contributed by atoms with van der Waals surface area (Å²) in [5.74, 6) is 0.459. The van der Waals surface area contributed by atoms with Gasteiger partial charge in [0.25, 0.3) is 5.91 Å². The zero-order valence-electron chi connectivity index (χ0n) is 15.4.